The van der Waals surface area contributed by atoms with Crippen LogP contribution in [0.2, 0.25) is 0 Å². The lowest BCUT2D eigenvalue weighted by atomic mass is 10.0. The van der Waals surface area contributed by atoms with Crippen LogP contribution in [0.25, 0.3) is 10.9 Å². The van der Waals surface area contributed by atoms with Gasteiger partial charge in [-0.15, -0.1) is 0 Å². The number of hydrogen-bond donors (Lipinski definition) is 1. The van der Waals surface area contributed by atoms with E-state index in [0.717, 1.165) is 17.6 Å². The third-order valence-electron chi connectivity index (χ3n) is 4.12. The van der Waals surface area contributed by atoms with E-state index in [1.165, 1.54) is 50.3 Å². The molecule has 1 heterocycles. The van der Waals surface area contributed by atoms with Crippen molar-refractivity contribution < 1.29 is 0 Å². The van der Waals surface area contributed by atoms with Gasteiger partial charge in [0.05, 0.1) is 11.2 Å². The summed E-state index contributed by atoms with van der Waals surface area (Å²) in [5.41, 5.74) is 8.36. The first-order chi connectivity index (χ1) is 10.3. The standard InChI is InChI=1S/C19H28N2/c1-2-3-4-5-6-7-8-12-17(20)19-15-14-16-11-9-10-13-18(16)21-19/h9-11,13-15,17H,2-8,12,20H2,1H3. The van der Waals surface area contributed by atoms with Gasteiger partial charge < -0.3 is 5.73 Å². The van der Waals surface area contributed by atoms with Crippen LogP contribution in [-0.4, -0.2) is 4.98 Å². The lowest BCUT2D eigenvalue weighted by Gasteiger charge is -2.11. The molecule has 0 fully saturated rings. The van der Waals surface area contributed by atoms with Crippen molar-refractivity contribution in [1.29, 1.82) is 0 Å². The lowest BCUT2D eigenvalue weighted by molar-refractivity contribution is 0.536. The second kappa shape index (κ2) is 8.78. The van der Waals surface area contributed by atoms with Crippen molar-refractivity contribution in [3.63, 3.8) is 0 Å². The lowest BCUT2D eigenvalue weighted by Crippen LogP contribution is -2.11. The number of para-hydroxylation sites is 1. The first-order valence-corrected chi connectivity index (χ1v) is 8.42. The Morgan fingerprint density at radius 3 is 2.43 bits per heavy atom. The van der Waals surface area contributed by atoms with E-state index < -0.39 is 0 Å². The van der Waals surface area contributed by atoms with E-state index >= 15 is 0 Å². The van der Waals surface area contributed by atoms with Gasteiger partial charge in [-0.3, -0.25) is 4.98 Å². The molecule has 21 heavy (non-hydrogen) atoms. The molecule has 2 rings (SSSR count). The van der Waals surface area contributed by atoms with Crippen LogP contribution in [0.5, 0.6) is 0 Å². The SMILES string of the molecule is CCCCCCCCCC(N)c1ccc2ccccc2n1. The summed E-state index contributed by atoms with van der Waals surface area (Å²) in [6.07, 6.45) is 10.3. The fraction of sp³-hybridized carbons (Fsp3) is 0.526. The Kier molecular flexibility index (Phi) is 6.68. The van der Waals surface area contributed by atoms with Crippen LogP contribution < -0.4 is 5.73 Å². The normalized spacial score (nSPS) is 12.7. The summed E-state index contributed by atoms with van der Waals surface area (Å²) in [7, 11) is 0. The molecule has 2 N–H and O–H groups in total. The van der Waals surface area contributed by atoms with Crippen molar-refractivity contribution in [1.82, 2.24) is 4.98 Å². The summed E-state index contributed by atoms with van der Waals surface area (Å²) in [6, 6.07) is 12.5. The Labute approximate surface area is 128 Å². The summed E-state index contributed by atoms with van der Waals surface area (Å²) in [5.74, 6) is 0. The maximum absolute atomic E-state index is 6.29. The molecule has 2 aromatic rings. The molecule has 1 atom stereocenters. The summed E-state index contributed by atoms with van der Waals surface area (Å²) < 4.78 is 0. The third kappa shape index (κ3) is 5.13. The van der Waals surface area contributed by atoms with Crippen molar-refractivity contribution in [2.75, 3.05) is 0 Å². The van der Waals surface area contributed by atoms with Gasteiger partial charge in [-0.25, -0.2) is 0 Å². The Bertz CT molecular complexity index is 536. The van der Waals surface area contributed by atoms with Gasteiger partial charge in [0.2, 0.25) is 0 Å². The number of nitrogens with zero attached hydrogens (tertiary/aromatic N) is 1. The highest BCUT2D eigenvalue weighted by Gasteiger charge is 2.07. The minimum Gasteiger partial charge on any atom is -0.323 e. The highest BCUT2D eigenvalue weighted by atomic mass is 14.8. The molecule has 2 nitrogen and oxygen atoms in total. The predicted octanol–water partition coefficient (Wildman–Crippen LogP) is 5.38. The number of fused-ring (bicyclic) bond motifs is 1. The van der Waals surface area contributed by atoms with Crippen molar-refractivity contribution in [2.45, 2.75) is 64.3 Å². The Balaban J connectivity index is 1.75. The molecule has 0 saturated heterocycles. The maximum atomic E-state index is 6.29. The molecule has 0 spiro atoms. The van der Waals surface area contributed by atoms with E-state index in [2.05, 4.69) is 36.2 Å². The van der Waals surface area contributed by atoms with Gasteiger partial charge in [0.15, 0.2) is 0 Å². The number of unbranched alkanes of at least 4 members (excludes halogenated alkanes) is 6. The number of rotatable bonds is 9. The van der Waals surface area contributed by atoms with Crippen LogP contribution in [0.15, 0.2) is 36.4 Å². The quantitative estimate of drug-likeness (QED) is 0.628. The topological polar surface area (TPSA) is 38.9 Å². The fourth-order valence-corrected chi connectivity index (χ4v) is 2.76. The van der Waals surface area contributed by atoms with Gasteiger partial charge in [0, 0.05) is 11.4 Å². The average Bonchev–Trinajstić information content (AvgIpc) is 2.53. The van der Waals surface area contributed by atoms with Gasteiger partial charge in [-0.2, -0.15) is 0 Å². The van der Waals surface area contributed by atoms with Gasteiger partial charge in [0.25, 0.3) is 0 Å². The number of nitrogens with two attached hydrogens (primary N) is 1. The van der Waals surface area contributed by atoms with Crippen LogP contribution in [-0.2, 0) is 0 Å². The maximum Gasteiger partial charge on any atom is 0.0706 e. The molecule has 0 aliphatic carbocycles. The molecule has 1 aromatic carbocycles. The van der Waals surface area contributed by atoms with Gasteiger partial charge >= 0.3 is 0 Å². The molecule has 2 heteroatoms. The van der Waals surface area contributed by atoms with E-state index in [1.807, 2.05) is 12.1 Å². The van der Waals surface area contributed by atoms with Gasteiger partial charge in [-0.05, 0) is 18.6 Å². The minimum absolute atomic E-state index is 0.0743. The van der Waals surface area contributed by atoms with Crippen LogP contribution in [0.3, 0.4) is 0 Å². The van der Waals surface area contributed by atoms with Gasteiger partial charge in [0.1, 0.15) is 0 Å². The summed E-state index contributed by atoms with van der Waals surface area (Å²) >= 11 is 0. The Morgan fingerprint density at radius 2 is 1.62 bits per heavy atom. The first-order valence-electron chi connectivity index (χ1n) is 8.42. The first kappa shape index (κ1) is 16.0. The molecular weight excluding hydrogens is 256 g/mol. The third-order valence-corrected chi connectivity index (χ3v) is 4.12. The van der Waals surface area contributed by atoms with E-state index in [4.69, 9.17) is 5.73 Å². The van der Waals surface area contributed by atoms with Crippen LogP contribution in [0.1, 0.15) is 70.0 Å². The predicted molar refractivity (Wildman–Crippen MR) is 91.3 cm³/mol. The molecule has 0 saturated carbocycles. The summed E-state index contributed by atoms with van der Waals surface area (Å²) in [5, 5.41) is 1.18. The number of aromatic nitrogens is 1. The highest BCUT2D eigenvalue weighted by Crippen LogP contribution is 2.19. The van der Waals surface area contributed by atoms with Gasteiger partial charge in [-0.1, -0.05) is 76.1 Å². The van der Waals surface area contributed by atoms with Crippen LogP contribution in [0.4, 0.5) is 0 Å². The summed E-state index contributed by atoms with van der Waals surface area (Å²) in [4.78, 5) is 4.69. The van der Waals surface area contributed by atoms with Crippen molar-refractivity contribution in [2.24, 2.45) is 5.73 Å². The molecule has 1 aromatic heterocycles. The molecule has 0 amide bonds. The fourth-order valence-electron chi connectivity index (χ4n) is 2.76. The summed E-state index contributed by atoms with van der Waals surface area (Å²) in [6.45, 7) is 2.26. The zero-order valence-electron chi connectivity index (χ0n) is 13.2. The molecule has 114 valence electrons. The zero-order chi connectivity index (χ0) is 14.9. The van der Waals surface area contributed by atoms with Crippen molar-refractivity contribution in [3.8, 4) is 0 Å². The Hall–Kier alpha value is -1.41. The molecule has 0 aliphatic heterocycles. The van der Waals surface area contributed by atoms with Crippen molar-refractivity contribution >= 4 is 10.9 Å². The van der Waals surface area contributed by atoms with Crippen LogP contribution in [0, 0.1) is 0 Å². The number of hydrogen-bond acceptors (Lipinski definition) is 2. The second-order valence-electron chi connectivity index (χ2n) is 5.95. The van der Waals surface area contributed by atoms with E-state index in [0.29, 0.717) is 0 Å². The second-order valence-corrected chi connectivity index (χ2v) is 5.95. The monoisotopic (exact) mass is 284 g/mol. The molecule has 1 unspecified atom stereocenters. The zero-order valence-corrected chi connectivity index (χ0v) is 13.2. The molecule has 0 radical (unpaired) electrons. The smallest absolute Gasteiger partial charge is 0.0706 e. The molecule has 0 aliphatic rings. The number of benzene rings is 1. The highest BCUT2D eigenvalue weighted by molar-refractivity contribution is 5.78. The van der Waals surface area contributed by atoms with Crippen LogP contribution >= 0.6 is 0 Å². The van der Waals surface area contributed by atoms with E-state index in [9.17, 15) is 0 Å². The van der Waals surface area contributed by atoms with E-state index in [-0.39, 0.29) is 6.04 Å². The molecular formula is C19H28N2. The van der Waals surface area contributed by atoms with Crippen molar-refractivity contribution in [3.05, 3.63) is 42.1 Å². The minimum atomic E-state index is 0.0743. The largest absolute Gasteiger partial charge is 0.323 e. The van der Waals surface area contributed by atoms with E-state index in [1.54, 1.807) is 0 Å². The average molecular weight is 284 g/mol. The number of pyridine rings is 1. The Morgan fingerprint density at radius 1 is 0.905 bits per heavy atom. The molecule has 0 bridgehead atoms.